The van der Waals surface area contributed by atoms with E-state index in [-0.39, 0.29) is 34.7 Å². The number of allylic oxidation sites excluding steroid dienone is 2. The Balaban J connectivity index is 1.47. The number of ether oxygens (including phenoxy) is 2. The van der Waals surface area contributed by atoms with Crippen molar-refractivity contribution in [2.45, 2.75) is 65.1 Å². The number of hydrogen-bond acceptors (Lipinski definition) is 6. The Labute approximate surface area is 216 Å². The first-order valence-corrected chi connectivity index (χ1v) is 13.8. The quantitative estimate of drug-likeness (QED) is 0.333. The van der Waals surface area contributed by atoms with E-state index in [1.807, 2.05) is 13.8 Å². The predicted octanol–water partition coefficient (Wildman–Crippen LogP) is 3.85. The highest BCUT2D eigenvalue weighted by Crippen LogP contribution is 2.82. The third kappa shape index (κ3) is 2.08. The number of Topliss-reactive ketones (excluding diaryl/α,β-unsaturated/α-hetero) is 1. The van der Waals surface area contributed by atoms with Crippen molar-refractivity contribution < 1.29 is 29.0 Å². The lowest BCUT2D eigenvalue weighted by molar-refractivity contribution is -0.175. The van der Waals surface area contributed by atoms with Gasteiger partial charge in [0.15, 0.2) is 5.78 Å². The number of aliphatic hydroxyl groups is 1. The summed E-state index contributed by atoms with van der Waals surface area (Å²) >= 11 is 0. The van der Waals surface area contributed by atoms with Crippen molar-refractivity contribution in [2.24, 2.45) is 52.3 Å². The maximum absolute atomic E-state index is 14.1. The van der Waals surface area contributed by atoms with Gasteiger partial charge in [0.05, 0.1) is 13.0 Å². The van der Waals surface area contributed by atoms with E-state index in [1.165, 1.54) is 18.3 Å². The summed E-state index contributed by atoms with van der Waals surface area (Å²) in [4.78, 5) is 40.5. The highest BCUT2D eigenvalue weighted by atomic mass is 16.6. The molecule has 6 heteroatoms. The number of carbonyl (C=O) groups is 3. The number of methoxy groups -OCH3 is 1. The Morgan fingerprint density at radius 3 is 2.54 bits per heavy atom. The zero-order valence-electron chi connectivity index (χ0n) is 22.1. The van der Waals surface area contributed by atoms with Crippen molar-refractivity contribution in [3.8, 4) is 0 Å². The molecule has 1 aliphatic heterocycles. The molecule has 0 aromatic heterocycles. The average Bonchev–Trinajstić information content (AvgIpc) is 3.77. The molecule has 0 amide bonds. The molecule has 0 bridgehead atoms. The molecule has 1 N–H and O–H groups in total. The third-order valence-electron chi connectivity index (χ3n) is 12.8. The standard InChI is InChI=1S/C31H34O6/c1-11-14-7-19(14)29(4)17(11)10-18-12(2)28(35)37-31(18)21(29)9-16-15-8-20(15)30(5)23(16)24(31)22(25(32)26(30)33)13(3)27(34)36-6/h14-15,17,19-21,24,26,33H,1,7-10H2,2-6H3/b22-13-/t14?,15?,17-,19?,20?,21-,24-,26?,29+,30-,31-/m0/s1. The second-order valence-corrected chi connectivity index (χ2v) is 13.6. The predicted molar refractivity (Wildman–Crippen MR) is 133 cm³/mol. The molecule has 194 valence electrons. The van der Waals surface area contributed by atoms with E-state index in [9.17, 15) is 19.5 Å². The number of ketones is 1. The minimum absolute atomic E-state index is 0.000222. The van der Waals surface area contributed by atoms with Gasteiger partial charge in [0.1, 0.15) is 11.7 Å². The van der Waals surface area contributed by atoms with Crippen LogP contribution in [-0.4, -0.2) is 41.6 Å². The first-order valence-electron chi connectivity index (χ1n) is 13.8. The van der Waals surface area contributed by atoms with E-state index < -0.39 is 34.8 Å². The Morgan fingerprint density at radius 1 is 1.14 bits per heavy atom. The molecule has 8 rings (SSSR count). The molecule has 1 heterocycles. The van der Waals surface area contributed by atoms with E-state index in [0.717, 1.165) is 30.4 Å². The normalized spacial score (nSPS) is 53.1. The summed E-state index contributed by atoms with van der Waals surface area (Å²) < 4.78 is 11.7. The molecule has 8 aliphatic rings. The number of hydrogen-bond donors (Lipinski definition) is 1. The van der Waals surface area contributed by atoms with Crippen LogP contribution in [0, 0.1) is 52.3 Å². The van der Waals surface area contributed by atoms with Gasteiger partial charge in [-0.1, -0.05) is 31.6 Å². The van der Waals surface area contributed by atoms with Crippen LogP contribution in [0.25, 0.3) is 0 Å². The molecule has 11 atom stereocenters. The van der Waals surface area contributed by atoms with Crippen molar-refractivity contribution >= 4 is 17.7 Å². The van der Waals surface area contributed by atoms with Crippen LogP contribution in [0.5, 0.6) is 0 Å². The Bertz CT molecular complexity index is 1390. The first kappa shape index (κ1) is 22.5. The Kier molecular flexibility index (Phi) is 3.78. The maximum Gasteiger partial charge on any atom is 0.334 e. The van der Waals surface area contributed by atoms with Crippen LogP contribution in [0.4, 0.5) is 0 Å². The largest absolute Gasteiger partial charge is 0.466 e. The average molecular weight is 503 g/mol. The lowest BCUT2D eigenvalue weighted by Crippen LogP contribution is -2.65. The highest BCUT2D eigenvalue weighted by Gasteiger charge is 2.80. The summed E-state index contributed by atoms with van der Waals surface area (Å²) in [7, 11) is 1.31. The van der Waals surface area contributed by atoms with Crippen LogP contribution in [0.15, 0.2) is 45.6 Å². The minimum Gasteiger partial charge on any atom is -0.466 e. The van der Waals surface area contributed by atoms with Gasteiger partial charge < -0.3 is 14.6 Å². The van der Waals surface area contributed by atoms with Crippen molar-refractivity contribution in [1.29, 1.82) is 0 Å². The first-order chi connectivity index (χ1) is 17.4. The van der Waals surface area contributed by atoms with E-state index in [2.05, 4.69) is 13.5 Å². The van der Waals surface area contributed by atoms with Crippen molar-refractivity contribution in [2.75, 3.05) is 7.11 Å². The second-order valence-electron chi connectivity index (χ2n) is 13.6. The van der Waals surface area contributed by atoms with Gasteiger partial charge in [0.2, 0.25) is 0 Å². The zero-order valence-corrected chi connectivity index (χ0v) is 22.1. The molecule has 6 nitrogen and oxygen atoms in total. The monoisotopic (exact) mass is 502 g/mol. The molecule has 0 aromatic carbocycles. The summed E-state index contributed by atoms with van der Waals surface area (Å²) in [5, 5.41) is 11.6. The molecule has 1 spiro atoms. The van der Waals surface area contributed by atoms with E-state index in [4.69, 9.17) is 9.47 Å². The van der Waals surface area contributed by atoms with Crippen LogP contribution in [0.2, 0.25) is 0 Å². The van der Waals surface area contributed by atoms with Crippen molar-refractivity contribution in [3.63, 3.8) is 0 Å². The zero-order chi connectivity index (χ0) is 26.1. The smallest absolute Gasteiger partial charge is 0.334 e. The van der Waals surface area contributed by atoms with Crippen molar-refractivity contribution in [3.05, 3.63) is 45.6 Å². The highest BCUT2D eigenvalue weighted by molar-refractivity contribution is 6.09. The molecular formula is C31H34O6. The van der Waals surface area contributed by atoms with E-state index in [1.54, 1.807) is 6.92 Å². The SMILES string of the molecule is C=C1C2CC2[C@]2(C)[C@@H]3CC4=C5[C@H](/C(=C(\C)C(=O)OC)C(=O)C(O)[C@@]5(C)C5CC45)[C@@]34OC(=O)C(C)=C4C[C@@H]12. The summed E-state index contributed by atoms with van der Waals surface area (Å²) in [5.74, 6) is 0.0426. The maximum atomic E-state index is 14.1. The number of aliphatic hydroxyl groups excluding tert-OH is 1. The summed E-state index contributed by atoms with van der Waals surface area (Å²) in [6.07, 6.45) is 2.43. The molecule has 5 saturated carbocycles. The molecule has 37 heavy (non-hydrogen) atoms. The lowest BCUT2D eigenvalue weighted by Gasteiger charge is -2.62. The van der Waals surface area contributed by atoms with Crippen LogP contribution < -0.4 is 0 Å². The fourth-order valence-electron chi connectivity index (χ4n) is 11.0. The van der Waals surface area contributed by atoms with Crippen LogP contribution >= 0.6 is 0 Å². The fraction of sp³-hybridized carbons (Fsp3) is 0.645. The lowest BCUT2D eigenvalue weighted by atomic mass is 9.42. The van der Waals surface area contributed by atoms with Crippen LogP contribution in [0.3, 0.4) is 0 Å². The molecular weight excluding hydrogens is 468 g/mol. The van der Waals surface area contributed by atoms with Gasteiger partial charge in [-0.3, -0.25) is 4.79 Å². The summed E-state index contributed by atoms with van der Waals surface area (Å²) in [5.41, 5.74) is 4.08. The molecule has 0 saturated heterocycles. The van der Waals surface area contributed by atoms with Crippen LogP contribution in [-0.2, 0) is 23.9 Å². The van der Waals surface area contributed by atoms with Gasteiger partial charge in [-0.2, -0.15) is 0 Å². The minimum atomic E-state index is -1.22. The Morgan fingerprint density at radius 2 is 1.84 bits per heavy atom. The van der Waals surface area contributed by atoms with Gasteiger partial charge in [-0.05, 0) is 85.7 Å². The number of carbonyl (C=O) groups excluding carboxylic acids is 3. The molecule has 7 aliphatic carbocycles. The topological polar surface area (TPSA) is 89.9 Å². The van der Waals surface area contributed by atoms with Gasteiger partial charge >= 0.3 is 11.9 Å². The summed E-state index contributed by atoms with van der Waals surface area (Å²) in [6.45, 7) is 12.4. The Hall–Kier alpha value is -2.47. The molecule has 0 radical (unpaired) electrons. The van der Waals surface area contributed by atoms with Gasteiger partial charge in [0.25, 0.3) is 0 Å². The van der Waals surface area contributed by atoms with E-state index >= 15 is 0 Å². The molecule has 5 unspecified atom stereocenters. The fourth-order valence-corrected chi connectivity index (χ4v) is 11.0. The molecule has 5 fully saturated rings. The number of fused-ring (bicyclic) bond motifs is 7. The van der Waals surface area contributed by atoms with Gasteiger partial charge in [-0.15, -0.1) is 0 Å². The summed E-state index contributed by atoms with van der Waals surface area (Å²) in [6, 6.07) is 0. The van der Waals surface area contributed by atoms with Gasteiger partial charge in [0, 0.05) is 28.1 Å². The van der Waals surface area contributed by atoms with Crippen molar-refractivity contribution in [1.82, 2.24) is 0 Å². The third-order valence-corrected chi connectivity index (χ3v) is 12.8. The van der Waals surface area contributed by atoms with Gasteiger partial charge in [-0.25, -0.2) is 9.59 Å². The second kappa shape index (κ2) is 6.22. The number of rotatable bonds is 1. The number of esters is 2. The van der Waals surface area contributed by atoms with E-state index in [0.29, 0.717) is 35.3 Å². The van der Waals surface area contributed by atoms with Crippen LogP contribution in [0.1, 0.15) is 53.4 Å². The molecule has 0 aromatic rings.